The van der Waals surface area contributed by atoms with Crippen molar-refractivity contribution in [2.45, 2.75) is 69.1 Å². The van der Waals surface area contributed by atoms with E-state index in [9.17, 15) is 29.1 Å². The number of nitrogens with two attached hydrogens (primary N) is 3. The van der Waals surface area contributed by atoms with Gasteiger partial charge in [-0.15, -0.1) is 0 Å². The van der Waals surface area contributed by atoms with Gasteiger partial charge in [0.25, 0.3) is 0 Å². The Morgan fingerprint density at radius 1 is 0.821 bits per heavy atom. The first-order valence-corrected chi connectivity index (χ1v) is 12.4. The van der Waals surface area contributed by atoms with Gasteiger partial charge in [0.1, 0.15) is 18.1 Å². The summed E-state index contributed by atoms with van der Waals surface area (Å²) < 4.78 is 0. The summed E-state index contributed by atoms with van der Waals surface area (Å²) in [6, 6.07) is -4.73. The van der Waals surface area contributed by atoms with E-state index in [0.717, 1.165) is 0 Å². The molecule has 12 N–H and O–H groups in total. The van der Waals surface area contributed by atoms with E-state index in [0.29, 0.717) is 30.8 Å². The van der Waals surface area contributed by atoms with Gasteiger partial charge in [-0.3, -0.25) is 19.2 Å². The normalized spacial score (nSPS) is 14.0. The van der Waals surface area contributed by atoms with Gasteiger partial charge in [0.15, 0.2) is 0 Å². The Balaban J connectivity index is 2.16. The molecule has 16 nitrogen and oxygen atoms in total. The average molecular weight is 549 g/mol. The van der Waals surface area contributed by atoms with Gasteiger partial charge in [-0.25, -0.2) is 14.8 Å². The Hall–Kier alpha value is -4.31. The lowest BCUT2D eigenvalue weighted by Crippen LogP contribution is -2.58. The van der Waals surface area contributed by atoms with Crippen molar-refractivity contribution in [1.82, 2.24) is 35.9 Å². The number of carbonyl (C=O) groups excluding carboxylic acids is 4. The molecule has 16 heteroatoms. The van der Waals surface area contributed by atoms with E-state index in [1.165, 1.54) is 25.0 Å². The summed E-state index contributed by atoms with van der Waals surface area (Å²) >= 11 is 0. The zero-order valence-corrected chi connectivity index (χ0v) is 21.4. The molecule has 2 aromatic heterocycles. The summed E-state index contributed by atoms with van der Waals surface area (Å²) in [5.74, 6) is -4.14. The zero-order chi connectivity index (χ0) is 28.8. The van der Waals surface area contributed by atoms with Crippen molar-refractivity contribution in [2.75, 3.05) is 6.54 Å². The molecule has 0 fully saturated rings. The zero-order valence-electron chi connectivity index (χ0n) is 21.4. The number of carboxylic acids is 1. The van der Waals surface area contributed by atoms with Crippen molar-refractivity contribution in [2.24, 2.45) is 17.2 Å². The van der Waals surface area contributed by atoms with Crippen LogP contribution in [0.15, 0.2) is 25.0 Å². The number of carbonyl (C=O) groups is 5. The molecule has 0 aliphatic carbocycles. The van der Waals surface area contributed by atoms with E-state index in [2.05, 4.69) is 35.9 Å². The molecule has 0 spiro atoms. The molecule has 2 heterocycles. The highest BCUT2D eigenvalue weighted by Crippen LogP contribution is 2.07. The molecule has 0 saturated carbocycles. The lowest BCUT2D eigenvalue weighted by Gasteiger charge is -2.25. The molecule has 4 atom stereocenters. The third kappa shape index (κ3) is 10.9. The summed E-state index contributed by atoms with van der Waals surface area (Å²) in [7, 11) is 0. The van der Waals surface area contributed by atoms with Crippen LogP contribution in [0.1, 0.15) is 43.5 Å². The predicted octanol–water partition coefficient (Wildman–Crippen LogP) is -2.82. The number of unbranched alkanes of at least 4 members (excludes halogenated alkanes) is 1. The van der Waals surface area contributed by atoms with E-state index < -0.39 is 53.8 Å². The molecule has 4 unspecified atom stereocenters. The molecule has 0 radical (unpaired) electrons. The number of nitrogens with one attached hydrogen (secondary N) is 5. The molecule has 2 rings (SSSR count). The maximum Gasteiger partial charge on any atom is 0.326 e. The van der Waals surface area contributed by atoms with Gasteiger partial charge in [0.2, 0.25) is 23.6 Å². The third-order valence-corrected chi connectivity index (χ3v) is 5.82. The Bertz CT molecular complexity index is 1080. The first-order chi connectivity index (χ1) is 18.6. The molecule has 39 heavy (non-hydrogen) atoms. The molecule has 2 aromatic rings. The minimum Gasteiger partial charge on any atom is -0.480 e. The molecule has 0 aliphatic heterocycles. The van der Waals surface area contributed by atoms with Crippen molar-refractivity contribution in [3.05, 3.63) is 36.4 Å². The number of aliphatic carboxylic acids is 1. The largest absolute Gasteiger partial charge is 0.480 e. The van der Waals surface area contributed by atoms with Crippen LogP contribution in [0.25, 0.3) is 0 Å². The average Bonchev–Trinajstić information content (AvgIpc) is 3.59. The Kier molecular flexibility index (Phi) is 12.5. The monoisotopic (exact) mass is 548 g/mol. The first-order valence-electron chi connectivity index (χ1n) is 12.4. The molecular weight excluding hydrogens is 512 g/mol. The smallest absolute Gasteiger partial charge is 0.326 e. The molecular formula is C23H36N10O6. The van der Waals surface area contributed by atoms with E-state index in [1.807, 2.05) is 0 Å². The second-order valence-corrected chi connectivity index (χ2v) is 8.98. The van der Waals surface area contributed by atoms with Crippen molar-refractivity contribution in [3.63, 3.8) is 0 Å². The number of aromatic nitrogens is 4. The fourth-order valence-electron chi connectivity index (χ4n) is 3.68. The SMILES string of the molecule is NCCCCC(NC(=O)C(Cc1cnc[nH]1)NC(=O)C(CCC(N)=O)NC(=O)C(N)Cc1cnc[nH]1)C(=O)O. The molecule has 0 saturated heterocycles. The molecule has 0 aromatic carbocycles. The quantitative estimate of drug-likeness (QED) is 0.0861. The van der Waals surface area contributed by atoms with E-state index in [-0.39, 0.29) is 32.1 Å². The fraction of sp³-hybridized carbons (Fsp3) is 0.522. The van der Waals surface area contributed by atoms with E-state index in [1.54, 1.807) is 0 Å². The van der Waals surface area contributed by atoms with Gasteiger partial charge in [-0.05, 0) is 32.2 Å². The summed E-state index contributed by atoms with van der Waals surface area (Å²) in [6.45, 7) is 0.378. The van der Waals surface area contributed by atoms with Gasteiger partial charge in [0.05, 0.1) is 18.7 Å². The summed E-state index contributed by atoms with van der Waals surface area (Å²) in [5.41, 5.74) is 17.8. The molecule has 214 valence electrons. The Morgan fingerprint density at radius 2 is 1.38 bits per heavy atom. The van der Waals surface area contributed by atoms with Crippen molar-refractivity contribution in [1.29, 1.82) is 0 Å². The van der Waals surface area contributed by atoms with Crippen LogP contribution in [-0.2, 0) is 36.8 Å². The van der Waals surface area contributed by atoms with Crippen molar-refractivity contribution < 1.29 is 29.1 Å². The number of rotatable bonds is 18. The predicted molar refractivity (Wildman–Crippen MR) is 137 cm³/mol. The number of aromatic amines is 2. The van der Waals surface area contributed by atoms with Crippen molar-refractivity contribution in [3.8, 4) is 0 Å². The minimum atomic E-state index is -1.25. The van der Waals surface area contributed by atoms with Crippen LogP contribution >= 0.6 is 0 Å². The number of hydrogen-bond acceptors (Lipinski definition) is 9. The summed E-state index contributed by atoms with van der Waals surface area (Å²) in [6.07, 6.45) is 6.65. The van der Waals surface area contributed by atoms with Crippen LogP contribution in [0.5, 0.6) is 0 Å². The number of nitrogens with zero attached hydrogens (tertiary/aromatic N) is 2. The number of hydrogen-bond donors (Lipinski definition) is 9. The number of carboxylic acid groups (broad SMARTS) is 1. The maximum atomic E-state index is 13.2. The van der Waals surface area contributed by atoms with Crippen LogP contribution < -0.4 is 33.2 Å². The third-order valence-electron chi connectivity index (χ3n) is 5.82. The van der Waals surface area contributed by atoms with Crippen LogP contribution in [0.3, 0.4) is 0 Å². The highest BCUT2D eigenvalue weighted by molar-refractivity contribution is 5.94. The van der Waals surface area contributed by atoms with E-state index in [4.69, 9.17) is 17.2 Å². The van der Waals surface area contributed by atoms with Gasteiger partial charge in [-0.1, -0.05) is 0 Å². The Morgan fingerprint density at radius 3 is 1.92 bits per heavy atom. The van der Waals surface area contributed by atoms with Crippen LogP contribution in [0, 0.1) is 0 Å². The van der Waals surface area contributed by atoms with E-state index >= 15 is 0 Å². The van der Waals surface area contributed by atoms with Crippen molar-refractivity contribution >= 4 is 29.6 Å². The molecule has 0 bridgehead atoms. The molecule has 0 aliphatic rings. The van der Waals surface area contributed by atoms with Crippen LogP contribution in [-0.4, -0.2) is 85.4 Å². The number of amides is 4. The van der Waals surface area contributed by atoms with Gasteiger partial charge in [-0.2, -0.15) is 0 Å². The maximum absolute atomic E-state index is 13.2. The van der Waals surface area contributed by atoms with Gasteiger partial charge < -0.3 is 48.2 Å². The lowest BCUT2D eigenvalue weighted by molar-refractivity contribution is -0.142. The first kappa shape index (κ1) is 30.9. The number of imidazole rings is 2. The highest BCUT2D eigenvalue weighted by Gasteiger charge is 2.31. The number of primary amides is 1. The topological polar surface area (TPSA) is 277 Å². The number of H-pyrrole nitrogens is 2. The second kappa shape index (κ2) is 15.8. The van der Waals surface area contributed by atoms with Crippen LogP contribution in [0.2, 0.25) is 0 Å². The standard InChI is InChI=1S/C23H36N10O6/c24-6-2-1-3-17(23(38)39)32-22(37)18(8-14-10-28-12-30-14)33-21(36)16(4-5-19(26)34)31-20(35)15(25)7-13-9-27-11-29-13/h9-12,15-18H,1-8,24-25H2,(H2,26,34)(H,27,29)(H,28,30)(H,31,35)(H,32,37)(H,33,36)(H,38,39). The highest BCUT2D eigenvalue weighted by atomic mass is 16.4. The molecule has 4 amide bonds. The van der Waals surface area contributed by atoms with Gasteiger partial charge in [0, 0.05) is 43.0 Å². The van der Waals surface area contributed by atoms with Crippen LogP contribution in [0.4, 0.5) is 0 Å². The second-order valence-electron chi connectivity index (χ2n) is 8.98. The summed E-state index contributed by atoms with van der Waals surface area (Å²) in [4.78, 5) is 75.5. The Labute approximate surface area is 224 Å². The minimum absolute atomic E-state index is 0.0530. The van der Waals surface area contributed by atoms with Gasteiger partial charge >= 0.3 is 5.97 Å². The summed E-state index contributed by atoms with van der Waals surface area (Å²) in [5, 5.41) is 17.0. The fourth-order valence-corrected chi connectivity index (χ4v) is 3.68. The lowest BCUT2D eigenvalue weighted by atomic mass is 10.0.